The number of alkyl halides is 3. The number of sulfonamides is 1. The number of nitrogens with zero attached hydrogens (tertiary/aromatic N) is 3. The van der Waals surface area contributed by atoms with E-state index in [1.165, 1.54) is 17.3 Å². The molecule has 2 aromatic rings. The maximum Gasteiger partial charge on any atom is 0.433 e. The van der Waals surface area contributed by atoms with E-state index >= 15 is 0 Å². The van der Waals surface area contributed by atoms with Crippen LogP contribution < -0.4 is 5.32 Å². The Balaban J connectivity index is 2.19. The Kier molecular flexibility index (Phi) is 8.06. The monoisotopic (exact) mass is 476 g/mol. The van der Waals surface area contributed by atoms with Crippen molar-refractivity contribution >= 4 is 33.4 Å². The highest BCUT2D eigenvalue weighted by atomic mass is 32.2. The number of carbonyl (C=O) groups excluding carboxylic acids is 1. The van der Waals surface area contributed by atoms with Crippen molar-refractivity contribution in [2.45, 2.75) is 49.2 Å². The molecule has 170 valence electrons. The molecule has 0 bridgehead atoms. The van der Waals surface area contributed by atoms with Gasteiger partial charge in [0, 0.05) is 25.0 Å². The molecule has 1 N–H and O–H groups in total. The van der Waals surface area contributed by atoms with Crippen LogP contribution in [0.5, 0.6) is 0 Å². The van der Waals surface area contributed by atoms with E-state index < -0.39 is 33.1 Å². The average Bonchev–Trinajstić information content (AvgIpc) is 2.69. The van der Waals surface area contributed by atoms with Crippen LogP contribution in [0.15, 0.2) is 40.5 Å². The Morgan fingerprint density at radius 1 is 1.23 bits per heavy atom. The van der Waals surface area contributed by atoms with Gasteiger partial charge < -0.3 is 5.32 Å². The van der Waals surface area contributed by atoms with Crippen molar-refractivity contribution < 1.29 is 26.4 Å². The first-order valence-electron chi connectivity index (χ1n) is 9.38. The molecule has 0 spiro atoms. The molecular formula is C19H23F3N4O3S2. The number of benzene rings is 1. The van der Waals surface area contributed by atoms with Crippen molar-refractivity contribution in [1.82, 2.24) is 14.3 Å². The van der Waals surface area contributed by atoms with Crippen molar-refractivity contribution in [2.24, 2.45) is 0 Å². The molecule has 1 unspecified atom stereocenters. The van der Waals surface area contributed by atoms with E-state index in [9.17, 15) is 26.4 Å². The molecule has 2 rings (SSSR count). The van der Waals surface area contributed by atoms with Crippen molar-refractivity contribution in [1.29, 1.82) is 0 Å². The fraction of sp³-hybridized carbons (Fsp3) is 0.421. The first-order valence-corrected chi connectivity index (χ1v) is 11.7. The highest BCUT2D eigenvalue weighted by molar-refractivity contribution is 8.00. The second-order valence-electron chi connectivity index (χ2n) is 6.54. The minimum atomic E-state index is -4.61. The van der Waals surface area contributed by atoms with E-state index in [-0.39, 0.29) is 15.7 Å². The average molecular weight is 477 g/mol. The van der Waals surface area contributed by atoms with Gasteiger partial charge in [-0.15, -0.1) is 0 Å². The summed E-state index contributed by atoms with van der Waals surface area (Å²) in [6.07, 6.45) is -3.63. The third kappa shape index (κ3) is 6.17. The molecule has 31 heavy (non-hydrogen) atoms. The summed E-state index contributed by atoms with van der Waals surface area (Å²) in [5.41, 5.74) is -0.300. The summed E-state index contributed by atoms with van der Waals surface area (Å²) in [6, 6.07) is 5.27. The molecule has 1 heterocycles. The Morgan fingerprint density at radius 3 is 2.45 bits per heavy atom. The highest BCUT2D eigenvalue weighted by Crippen LogP contribution is 2.30. The number of nitrogens with one attached hydrogen (secondary N) is 1. The van der Waals surface area contributed by atoms with Crippen LogP contribution in [0.4, 0.5) is 18.9 Å². The number of amides is 1. The van der Waals surface area contributed by atoms with Crippen LogP contribution in [-0.4, -0.2) is 46.9 Å². The molecule has 7 nitrogen and oxygen atoms in total. The van der Waals surface area contributed by atoms with Gasteiger partial charge in [-0.25, -0.2) is 18.4 Å². The number of thioether (sulfide) groups is 1. The lowest BCUT2D eigenvalue weighted by Gasteiger charge is -2.20. The minimum Gasteiger partial charge on any atom is -0.325 e. The lowest BCUT2D eigenvalue weighted by atomic mass is 10.2. The fourth-order valence-corrected chi connectivity index (χ4v) is 5.13. The summed E-state index contributed by atoms with van der Waals surface area (Å²) in [4.78, 5) is 19.8. The quantitative estimate of drug-likeness (QED) is 0.458. The topological polar surface area (TPSA) is 92.3 Å². The molecule has 1 aromatic carbocycles. The number of carbonyl (C=O) groups is 1. The number of hydrogen-bond acceptors (Lipinski definition) is 6. The number of rotatable bonds is 8. The van der Waals surface area contributed by atoms with Gasteiger partial charge in [0.25, 0.3) is 0 Å². The van der Waals surface area contributed by atoms with Crippen LogP contribution in [0.2, 0.25) is 0 Å². The van der Waals surface area contributed by atoms with E-state index in [0.29, 0.717) is 18.7 Å². The summed E-state index contributed by atoms with van der Waals surface area (Å²) in [7, 11) is -3.73. The lowest BCUT2D eigenvalue weighted by Crippen LogP contribution is -2.31. The Labute approximate surface area is 183 Å². The van der Waals surface area contributed by atoms with Crippen molar-refractivity contribution in [3.05, 3.63) is 41.7 Å². The predicted molar refractivity (Wildman–Crippen MR) is 112 cm³/mol. The van der Waals surface area contributed by atoms with E-state index in [4.69, 9.17) is 0 Å². The summed E-state index contributed by atoms with van der Waals surface area (Å²) < 4.78 is 65.4. The number of halogens is 3. The third-order valence-corrected chi connectivity index (χ3v) is 7.52. The van der Waals surface area contributed by atoms with Gasteiger partial charge in [0.15, 0.2) is 5.16 Å². The van der Waals surface area contributed by atoms with E-state index in [0.717, 1.165) is 24.0 Å². The lowest BCUT2D eigenvalue weighted by molar-refractivity contribution is -0.141. The van der Waals surface area contributed by atoms with Crippen molar-refractivity contribution in [2.75, 3.05) is 18.4 Å². The van der Waals surface area contributed by atoms with Crippen LogP contribution >= 0.6 is 11.8 Å². The van der Waals surface area contributed by atoms with Gasteiger partial charge in [-0.2, -0.15) is 17.5 Å². The molecule has 1 amide bonds. The zero-order valence-corrected chi connectivity index (χ0v) is 19.0. The number of anilines is 1. The van der Waals surface area contributed by atoms with Gasteiger partial charge in [0.1, 0.15) is 5.69 Å². The minimum absolute atomic E-state index is 0.0792. The predicted octanol–water partition coefficient (Wildman–Crippen LogP) is 3.95. The SMILES string of the molecule is CCN(CC)S(=O)(=O)c1cc(NC(=O)C(C)Sc2nccc(C(F)(F)F)n2)ccc1C. The van der Waals surface area contributed by atoms with Crippen molar-refractivity contribution in [3.8, 4) is 0 Å². The third-order valence-electron chi connectivity index (χ3n) is 4.35. The van der Waals surface area contributed by atoms with Crippen molar-refractivity contribution in [3.63, 3.8) is 0 Å². The van der Waals surface area contributed by atoms with Gasteiger partial charge in [0.2, 0.25) is 15.9 Å². The van der Waals surface area contributed by atoms with Gasteiger partial charge >= 0.3 is 6.18 Å². The van der Waals surface area contributed by atoms with Gasteiger partial charge in [-0.1, -0.05) is 31.7 Å². The number of hydrogen-bond donors (Lipinski definition) is 1. The second kappa shape index (κ2) is 9.96. The van der Waals surface area contributed by atoms with Crippen LogP contribution in [0.25, 0.3) is 0 Å². The fourth-order valence-electron chi connectivity index (χ4n) is 2.67. The number of aromatic nitrogens is 2. The smallest absolute Gasteiger partial charge is 0.325 e. The largest absolute Gasteiger partial charge is 0.433 e. The molecule has 1 atom stereocenters. The molecule has 0 saturated carbocycles. The first-order chi connectivity index (χ1) is 14.4. The van der Waals surface area contributed by atoms with Crippen LogP contribution in [-0.2, 0) is 21.0 Å². The Morgan fingerprint density at radius 2 is 1.87 bits per heavy atom. The molecule has 1 aromatic heterocycles. The Bertz CT molecular complexity index is 1040. The molecule has 0 aliphatic heterocycles. The number of aryl methyl sites for hydroxylation is 1. The first kappa shape index (κ1) is 25.1. The van der Waals surface area contributed by atoms with Crippen LogP contribution in [0.1, 0.15) is 32.0 Å². The van der Waals surface area contributed by atoms with Gasteiger partial charge in [-0.3, -0.25) is 4.79 Å². The van der Waals surface area contributed by atoms with E-state index in [1.54, 1.807) is 32.9 Å². The molecule has 0 radical (unpaired) electrons. The summed E-state index contributed by atoms with van der Waals surface area (Å²) >= 11 is 0.765. The normalized spacial score (nSPS) is 13.3. The molecule has 0 fully saturated rings. The van der Waals surface area contributed by atoms with Gasteiger partial charge in [0.05, 0.1) is 10.1 Å². The van der Waals surface area contributed by atoms with Gasteiger partial charge in [-0.05, 0) is 37.6 Å². The molecule has 0 aliphatic rings. The standard InChI is InChI=1S/C19H23F3N4O3S2/c1-5-26(6-2)31(28,29)15-11-14(8-7-12(15)3)24-17(27)13(4)30-18-23-10-9-16(25-18)19(20,21)22/h7-11,13H,5-6H2,1-4H3,(H,24,27). The molecular weight excluding hydrogens is 453 g/mol. The maximum absolute atomic E-state index is 12.8. The highest BCUT2D eigenvalue weighted by Gasteiger charge is 2.33. The summed E-state index contributed by atoms with van der Waals surface area (Å²) in [5, 5.41) is 1.59. The summed E-state index contributed by atoms with van der Waals surface area (Å²) in [5.74, 6) is -0.527. The maximum atomic E-state index is 12.8. The zero-order valence-electron chi connectivity index (χ0n) is 17.4. The van der Waals surface area contributed by atoms with Crippen LogP contribution in [0, 0.1) is 6.92 Å². The Hall–Kier alpha value is -2.18. The van der Waals surface area contributed by atoms with E-state index in [2.05, 4.69) is 15.3 Å². The molecule has 0 aliphatic carbocycles. The molecule has 0 saturated heterocycles. The van der Waals surface area contributed by atoms with Crippen LogP contribution in [0.3, 0.4) is 0 Å². The zero-order chi connectivity index (χ0) is 23.4. The second-order valence-corrected chi connectivity index (χ2v) is 9.76. The summed E-state index contributed by atoms with van der Waals surface area (Å²) in [6.45, 7) is 7.23. The molecule has 12 heteroatoms. The van der Waals surface area contributed by atoms with E-state index in [1.807, 2.05) is 0 Å².